The maximum atomic E-state index is 10.2. The van der Waals surface area contributed by atoms with Crippen LogP contribution in [0.3, 0.4) is 0 Å². The molecule has 4 heteroatoms. The van der Waals surface area contributed by atoms with Crippen LogP contribution < -0.4 is 0 Å². The summed E-state index contributed by atoms with van der Waals surface area (Å²) in [5, 5.41) is 8.38. The lowest BCUT2D eigenvalue weighted by atomic mass is 10.2. The largest absolute Gasteiger partial charge is 0.481 e. The van der Waals surface area contributed by atoms with E-state index in [2.05, 4.69) is 6.08 Å². The Morgan fingerprint density at radius 3 is 3.08 bits per heavy atom. The molecule has 0 aliphatic carbocycles. The molecule has 0 aromatic heterocycles. The number of unbranched alkanes of at least 4 members (excludes halogenated alkanes) is 1. The van der Waals surface area contributed by atoms with Crippen molar-refractivity contribution in [1.29, 1.82) is 0 Å². The third-order valence-electron chi connectivity index (χ3n) is 1.56. The van der Waals surface area contributed by atoms with E-state index in [1.165, 1.54) is 17.1 Å². The van der Waals surface area contributed by atoms with Crippen LogP contribution in [0.5, 0.6) is 0 Å². The average molecular weight is 204 g/mol. The Hall–Kier alpha value is -0.0900. The monoisotopic (exact) mass is 204 g/mol. The molecule has 68 valence electrons. The van der Waals surface area contributed by atoms with Crippen molar-refractivity contribution in [3.63, 3.8) is 0 Å². The second kappa shape index (κ2) is 5.54. The smallest absolute Gasteiger partial charge is 0.303 e. The van der Waals surface area contributed by atoms with Crippen LogP contribution >= 0.6 is 21.6 Å². The van der Waals surface area contributed by atoms with Crippen molar-refractivity contribution in [2.45, 2.75) is 25.7 Å². The van der Waals surface area contributed by atoms with E-state index >= 15 is 0 Å². The Kier molecular flexibility index (Phi) is 4.61. The van der Waals surface area contributed by atoms with Gasteiger partial charge in [0.1, 0.15) is 0 Å². The fourth-order valence-electron chi connectivity index (χ4n) is 0.954. The molecule has 1 heterocycles. The first-order valence-electron chi connectivity index (χ1n) is 3.99. The van der Waals surface area contributed by atoms with Crippen LogP contribution in [-0.4, -0.2) is 16.8 Å². The molecule has 1 fully saturated rings. The van der Waals surface area contributed by atoms with Crippen molar-refractivity contribution in [3.05, 3.63) is 11.0 Å². The minimum absolute atomic E-state index is 0.293. The molecule has 1 N–H and O–H groups in total. The summed E-state index contributed by atoms with van der Waals surface area (Å²) in [4.78, 5) is 11.6. The van der Waals surface area contributed by atoms with Crippen molar-refractivity contribution in [3.8, 4) is 0 Å². The molecule has 0 unspecified atom stereocenters. The lowest BCUT2D eigenvalue weighted by Gasteiger charge is -1.93. The second-order valence-electron chi connectivity index (χ2n) is 2.61. The highest BCUT2D eigenvalue weighted by molar-refractivity contribution is 8.78. The van der Waals surface area contributed by atoms with Gasteiger partial charge in [-0.2, -0.15) is 0 Å². The van der Waals surface area contributed by atoms with E-state index in [0.29, 0.717) is 6.42 Å². The van der Waals surface area contributed by atoms with Crippen molar-refractivity contribution in [2.75, 3.05) is 5.75 Å². The van der Waals surface area contributed by atoms with Gasteiger partial charge in [-0.25, -0.2) is 0 Å². The number of hydrogen-bond donors (Lipinski definition) is 1. The maximum Gasteiger partial charge on any atom is 0.303 e. The van der Waals surface area contributed by atoms with Crippen LogP contribution in [0.2, 0.25) is 0 Å². The molecule has 0 atom stereocenters. The molecule has 0 radical (unpaired) electrons. The Balaban J connectivity index is 2.07. The topological polar surface area (TPSA) is 37.3 Å². The highest BCUT2D eigenvalue weighted by Gasteiger charge is 2.06. The van der Waals surface area contributed by atoms with Gasteiger partial charge in [0.25, 0.3) is 0 Å². The number of carboxylic acid groups (broad SMARTS) is 1. The zero-order chi connectivity index (χ0) is 8.81. The van der Waals surface area contributed by atoms with Crippen LogP contribution in [0.1, 0.15) is 25.7 Å². The molecule has 1 rings (SSSR count). The van der Waals surface area contributed by atoms with Gasteiger partial charge in [-0.05, 0) is 24.2 Å². The molecule has 1 aliphatic rings. The first kappa shape index (κ1) is 9.99. The molecule has 0 aromatic carbocycles. The van der Waals surface area contributed by atoms with E-state index in [1.807, 2.05) is 21.6 Å². The first-order chi connectivity index (χ1) is 5.79. The van der Waals surface area contributed by atoms with Gasteiger partial charge >= 0.3 is 5.97 Å². The van der Waals surface area contributed by atoms with Gasteiger partial charge in [0, 0.05) is 12.2 Å². The van der Waals surface area contributed by atoms with Crippen LogP contribution in [0.25, 0.3) is 0 Å². The van der Waals surface area contributed by atoms with Crippen LogP contribution in [0.4, 0.5) is 0 Å². The predicted octanol–water partition coefficient (Wildman–Crippen LogP) is 2.91. The van der Waals surface area contributed by atoms with Crippen LogP contribution in [0.15, 0.2) is 11.0 Å². The standard InChI is InChI=1S/C8H12O2S2/c9-8(10)4-2-1-3-7-5-6-11-12-7/h3H,1-2,4-6H2,(H,9,10)/b7-3-. The summed E-state index contributed by atoms with van der Waals surface area (Å²) < 4.78 is 0. The molecular formula is C8H12O2S2. The summed E-state index contributed by atoms with van der Waals surface area (Å²) in [5.41, 5.74) is 0. The Bertz CT molecular complexity index is 181. The maximum absolute atomic E-state index is 10.2. The molecule has 0 saturated carbocycles. The Labute approximate surface area is 80.2 Å². The van der Waals surface area contributed by atoms with Gasteiger partial charge in [0.15, 0.2) is 0 Å². The highest BCUT2D eigenvalue weighted by Crippen LogP contribution is 2.40. The van der Waals surface area contributed by atoms with Gasteiger partial charge < -0.3 is 5.11 Å². The van der Waals surface area contributed by atoms with Crippen LogP contribution in [-0.2, 0) is 4.79 Å². The quantitative estimate of drug-likeness (QED) is 0.564. The molecule has 0 bridgehead atoms. The fourth-order valence-corrected chi connectivity index (χ4v) is 3.40. The zero-order valence-electron chi connectivity index (χ0n) is 6.78. The summed E-state index contributed by atoms with van der Waals surface area (Å²) >= 11 is 0. The molecule has 1 saturated heterocycles. The number of aliphatic carboxylic acids is 1. The Morgan fingerprint density at radius 2 is 2.50 bits per heavy atom. The first-order valence-corrected chi connectivity index (χ1v) is 6.31. The second-order valence-corrected chi connectivity index (χ2v) is 5.15. The highest BCUT2D eigenvalue weighted by atomic mass is 33.1. The number of hydrogen-bond acceptors (Lipinski definition) is 3. The van der Waals surface area contributed by atoms with Crippen molar-refractivity contribution in [1.82, 2.24) is 0 Å². The minimum atomic E-state index is -0.693. The van der Waals surface area contributed by atoms with Gasteiger partial charge in [0.05, 0.1) is 0 Å². The van der Waals surface area contributed by atoms with E-state index in [-0.39, 0.29) is 0 Å². The predicted molar refractivity (Wildman–Crippen MR) is 54.2 cm³/mol. The third kappa shape index (κ3) is 4.07. The van der Waals surface area contributed by atoms with Crippen molar-refractivity contribution in [2.24, 2.45) is 0 Å². The number of allylic oxidation sites excluding steroid dienone is 2. The molecule has 0 spiro atoms. The van der Waals surface area contributed by atoms with Crippen molar-refractivity contribution < 1.29 is 9.90 Å². The lowest BCUT2D eigenvalue weighted by molar-refractivity contribution is -0.137. The van der Waals surface area contributed by atoms with Crippen molar-refractivity contribution >= 4 is 27.6 Å². The van der Waals surface area contributed by atoms with Gasteiger partial charge in [-0.3, -0.25) is 4.79 Å². The molecule has 0 amide bonds. The number of carbonyl (C=O) groups is 1. The summed E-state index contributed by atoms with van der Waals surface area (Å²) in [7, 11) is 3.71. The number of carboxylic acids is 1. The third-order valence-corrected chi connectivity index (χ3v) is 4.13. The van der Waals surface area contributed by atoms with Gasteiger partial charge in [-0.1, -0.05) is 27.7 Å². The van der Waals surface area contributed by atoms with E-state index in [0.717, 1.165) is 12.8 Å². The molecule has 12 heavy (non-hydrogen) atoms. The normalized spacial score (nSPS) is 20.2. The summed E-state index contributed by atoms with van der Waals surface area (Å²) in [6.07, 6.45) is 5.32. The van der Waals surface area contributed by atoms with Gasteiger partial charge in [-0.15, -0.1) is 0 Å². The fraction of sp³-hybridized carbons (Fsp3) is 0.625. The van der Waals surface area contributed by atoms with E-state index in [1.54, 1.807) is 0 Å². The van der Waals surface area contributed by atoms with Crippen LogP contribution in [0, 0.1) is 0 Å². The molecular weight excluding hydrogens is 192 g/mol. The Morgan fingerprint density at radius 1 is 1.67 bits per heavy atom. The molecule has 2 nitrogen and oxygen atoms in total. The zero-order valence-corrected chi connectivity index (χ0v) is 8.42. The van der Waals surface area contributed by atoms with E-state index in [4.69, 9.17) is 5.11 Å². The molecule has 0 aromatic rings. The number of rotatable bonds is 4. The summed E-state index contributed by atoms with van der Waals surface area (Å²) in [6, 6.07) is 0. The summed E-state index contributed by atoms with van der Waals surface area (Å²) in [6.45, 7) is 0. The lowest BCUT2D eigenvalue weighted by Crippen LogP contribution is -1.92. The SMILES string of the molecule is O=C(O)CCC/C=C1/CCSS1. The summed E-state index contributed by atoms with van der Waals surface area (Å²) in [5.74, 6) is 0.511. The van der Waals surface area contributed by atoms with E-state index in [9.17, 15) is 4.79 Å². The molecule has 1 aliphatic heterocycles. The minimum Gasteiger partial charge on any atom is -0.481 e. The van der Waals surface area contributed by atoms with Gasteiger partial charge in [0.2, 0.25) is 0 Å². The average Bonchev–Trinajstić information content (AvgIpc) is 2.49. The van der Waals surface area contributed by atoms with E-state index < -0.39 is 5.97 Å².